The van der Waals surface area contributed by atoms with E-state index >= 15 is 0 Å². The highest BCUT2D eigenvalue weighted by atomic mass is 35.5. The Hall–Kier alpha value is -4.27. The van der Waals surface area contributed by atoms with Gasteiger partial charge in [0.2, 0.25) is 0 Å². The van der Waals surface area contributed by atoms with E-state index in [2.05, 4.69) is 0 Å². The van der Waals surface area contributed by atoms with Gasteiger partial charge in [-0.15, -0.1) is 0 Å². The molecule has 3 amide bonds. The normalized spacial score (nSPS) is 17.9. The number of rotatable bonds is 7. The molecule has 202 valence electrons. The summed E-state index contributed by atoms with van der Waals surface area (Å²) in [6, 6.07) is 18.4. The molecule has 1 aliphatic heterocycles. The Kier molecular flexibility index (Phi) is 7.82. The van der Waals surface area contributed by atoms with Crippen LogP contribution >= 0.6 is 23.2 Å². The second-order valence-corrected chi connectivity index (χ2v) is 10.2. The van der Waals surface area contributed by atoms with Gasteiger partial charge in [-0.2, -0.15) is 5.01 Å². The molecule has 0 saturated carbocycles. The Morgan fingerprint density at radius 2 is 1.38 bits per heavy atom. The van der Waals surface area contributed by atoms with Crippen LogP contribution < -0.4 is 4.74 Å². The lowest BCUT2D eigenvalue weighted by Gasteiger charge is -2.30. The summed E-state index contributed by atoms with van der Waals surface area (Å²) in [7, 11) is 0. The fourth-order valence-electron chi connectivity index (χ4n) is 4.71. The number of esters is 1. The summed E-state index contributed by atoms with van der Waals surface area (Å²) in [6.45, 7) is -0.591. The first-order valence-corrected chi connectivity index (χ1v) is 13.2. The van der Waals surface area contributed by atoms with Crippen LogP contribution in [0.2, 0.25) is 10.0 Å². The molecular weight excluding hydrogens is 555 g/mol. The quantitative estimate of drug-likeness (QED) is 0.123. The molecule has 1 fully saturated rings. The summed E-state index contributed by atoms with van der Waals surface area (Å²) < 4.78 is 5.36. The average molecular weight is 577 g/mol. The van der Waals surface area contributed by atoms with E-state index in [0.717, 1.165) is 10.0 Å². The van der Waals surface area contributed by atoms with Gasteiger partial charge in [0.25, 0.3) is 17.7 Å². The van der Waals surface area contributed by atoms with Gasteiger partial charge < -0.3 is 4.74 Å². The van der Waals surface area contributed by atoms with E-state index in [0.29, 0.717) is 18.4 Å². The smallest absolute Gasteiger partial charge is 0.343 e. The predicted molar refractivity (Wildman–Crippen MR) is 147 cm³/mol. The molecule has 8 nitrogen and oxygen atoms in total. The molecule has 5 rings (SSSR count). The number of carbonyl (C=O) groups is 5. The van der Waals surface area contributed by atoms with Crippen LogP contribution in [-0.2, 0) is 9.59 Å². The van der Waals surface area contributed by atoms with Gasteiger partial charge in [0, 0.05) is 11.1 Å². The monoisotopic (exact) mass is 576 g/mol. The van der Waals surface area contributed by atoms with Crippen molar-refractivity contribution in [2.24, 2.45) is 11.8 Å². The molecule has 0 bridgehead atoms. The van der Waals surface area contributed by atoms with Crippen molar-refractivity contribution < 1.29 is 28.7 Å². The number of amides is 3. The summed E-state index contributed by atoms with van der Waals surface area (Å²) in [4.78, 5) is 65.9. The van der Waals surface area contributed by atoms with Crippen molar-refractivity contribution in [3.63, 3.8) is 0 Å². The maximum absolute atomic E-state index is 13.6. The Bertz CT molecular complexity index is 1510. The Labute approximate surface area is 239 Å². The number of hydrazine groups is 1. The molecule has 1 saturated heterocycles. The summed E-state index contributed by atoms with van der Waals surface area (Å²) in [5.41, 5.74) is 0.610. The Morgan fingerprint density at radius 1 is 0.775 bits per heavy atom. The number of carbonyl (C=O) groups excluding carboxylic acids is 5. The molecule has 3 aromatic rings. The molecule has 3 aromatic carbocycles. The fourth-order valence-corrected chi connectivity index (χ4v) is 5.01. The SMILES string of the molecule is O=C(CN(C(=O)c1ccc(Cl)c(Cl)c1)N1C(=O)[C@H]2CC=CC[C@@H]2C1=O)c1ccc(OC(=O)c2ccccc2)cc1. The van der Waals surface area contributed by atoms with Crippen LogP contribution in [0.25, 0.3) is 0 Å². The first-order chi connectivity index (χ1) is 19.2. The highest BCUT2D eigenvalue weighted by molar-refractivity contribution is 6.42. The molecule has 0 N–H and O–H groups in total. The predicted octanol–water partition coefficient (Wildman–Crippen LogP) is 5.40. The van der Waals surface area contributed by atoms with Gasteiger partial charge in [0.15, 0.2) is 5.78 Å². The lowest BCUT2D eigenvalue weighted by Crippen LogP contribution is -2.52. The molecule has 40 heavy (non-hydrogen) atoms. The molecule has 10 heteroatoms. The highest BCUT2D eigenvalue weighted by Gasteiger charge is 2.51. The van der Waals surface area contributed by atoms with Crippen LogP contribution in [0.5, 0.6) is 5.75 Å². The van der Waals surface area contributed by atoms with E-state index in [1.807, 2.05) is 12.2 Å². The number of benzene rings is 3. The molecule has 1 aliphatic carbocycles. The second kappa shape index (κ2) is 11.5. The van der Waals surface area contributed by atoms with Crippen LogP contribution in [-0.4, -0.2) is 46.0 Å². The van der Waals surface area contributed by atoms with Gasteiger partial charge in [-0.25, -0.2) is 9.80 Å². The van der Waals surface area contributed by atoms with Gasteiger partial charge in [-0.3, -0.25) is 19.2 Å². The van der Waals surface area contributed by atoms with Crippen LogP contribution in [0.15, 0.2) is 84.9 Å². The van der Waals surface area contributed by atoms with Crippen LogP contribution in [0.4, 0.5) is 0 Å². The van der Waals surface area contributed by atoms with Crippen LogP contribution in [0, 0.1) is 11.8 Å². The molecule has 2 atom stereocenters. The number of ketones is 1. The van der Waals surface area contributed by atoms with Gasteiger partial charge in [0.05, 0.1) is 27.4 Å². The van der Waals surface area contributed by atoms with E-state index in [4.69, 9.17) is 27.9 Å². The van der Waals surface area contributed by atoms with Crippen molar-refractivity contribution >= 4 is 52.7 Å². The van der Waals surface area contributed by atoms with Crippen molar-refractivity contribution in [2.75, 3.05) is 6.54 Å². The molecule has 1 heterocycles. The largest absolute Gasteiger partial charge is 0.423 e. The molecule has 0 spiro atoms. The number of nitrogens with zero attached hydrogens (tertiary/aromatic N) is 2. The van der Waals surface area contributed by atoms with Gasteiger partial charge >= 0.3 is 5.97 Å². The summed E-state index contributed by atoms with van der Waals surface area (Å²) in [5, 5.41) is 1.99. The topological polar surface area (TPSA) is 101 Å². The standard InChI is InChI=1S/C30H22Cl2N2O6/c31-24-15-12-20(16-25(24)32)27(36)33(34-28(37)22-8-4-5-9-23(22)29(34)38)17-26(35)18-10-13-21(14-11-18)40-30(39)19-6-2-1-3-7-19/h1-7,10-16,22-23H,8-9,17H2/t22-,23-/m0/s1. The molecule has 0 aromatic heterocycles. The third kappa shape index (κ3) is 5.41. The third-order valence-electron chi connectivity index (χ3n) is 6.82. The first kappa shape index (κ1) is 27.3. The zero-order valence-electron chi connectivity index (χ0n) is 21.0. The van der Waals surface area contributed by atoms with Crippen LogP contribution in [0.3, 0.4) is 0 Å². The fraction of sp³-hybridized carbons (Fsp3) is 0.167. The van der Waals surface area contributed by atoms with Gasteiger partial charge in [-0.1, -0.05) is 53.6 Å². The number of fused-ring (bicyclic) bond motifs is 1. The highest BCUT2D eigenvalue weighted by Crippen LogP contribution is 2.36. The average Bonchev–Trinajstić information content (AvgIpc) is 3.23. The molecular formula is C30H22Cl2N2O6. The maximum atomic E-state index is 13.6. The zero-order chi connectivity index (χ0) is 28.4. The lowest BCUT2D eigenvalue weighted by atomic mass is 9.85. The number of allylic oxidation sites excluding steroid dienone is 2. The summed E-state index contributed by atoms with van der Waals surface area (Å²) >= 11 is 12.1. The van der Waals surface area contributed by atoms with Crippen LogP contribution in [0.1, 0.15) is 43.9 Å². The lowest BCUT2D eigenvalue weighted by molar-refractivity contribution is -0.154. The third-order valence-corrected chi connectivity index (χ3v) is 7.56. The minimum Gasteiger partial charge on any atom is -0.423 e. The van der Waals surface area contributed by atoms with Gasteiger partial charge in [0.1, 0.15) is 12.3 Å². The number of halogens is 2. The van der Waals surface area contributed by atoms with E-state index in [1.165, 1.54) is 42.5 Å². The number of hydrogen-bond acceptors (Lipinski definition) is 6. The number of Topliss-reactive ketones (excluding diaryl/α,β-unsaturated/α-hetero) is 1. The minimum atomic E-state index is -0.756. The molecule has 0 unspecified atom stereocenters. The summed E-state index contributed by atoms with van der Waals surface area (Å²) in [5.74, 6) is -3.91. The van der Waals surface area contributed by atoms with E-state index < -0.39 is 47.9 Å². The second-order valence-electron chi connectivity index (χ2n) is 9.34. The number of ether oxygens (including phenoxy) is 1. The maximum Gasteiger partial charge on any atom is 0.343 e. The van der Waals surface area contributed by atoms with Crippen molar-refractivity contribution in [3.8, 4) is 5.75 Å². The first-order valence-electron chi connectivity index (χ1n) is 12.4. The zero-order valence-corrected chi connectivity index (χ0v) is 22.5. The van der Waals surface area contributed by atoms with Crippen molar-refractivity contribution in [1.82, 2.24) is 10.0 Å². The van der Waals surface area contributed by atoms with E-state index in [1.54, 1.807) is 30.3 Å². The van der Waals surface area contributed by atoms with Gasteiger partial charge in [-0.05, 0) is 67.4 Å². The van der Waals surface area contributed by atoms with Crippen molar-refractivity contribution in [3.05, 3.63) is 112 Å². The van der Waals surface area contributed by atoms with Crippen molar-refractivity contribution in [2.45, 2.75) is 12.8 Å². The van der Waals surface area contributed by atoms with E-state index in [9.17, 15) is 24.0 Å². The Balaban J connectivity index is 1.39. The minimum absolute atomic E-state index is 0.0546. The van der Waals surface area contributed by atoms with E-state index in [-0.39, 0.29) is 26.9 Å². The molecule has 2 aliphatic rings. The van der Waals surface area contributed by atoms with Crippen molar-refractivity contribution in [1.29, 1.82) is 0 Å². The number of hydrogen-bond donors (Lipinski definition) is 0. The summed E-state index contributed by atoms with van der Waals surface area (Å²) in [6.07, 6.45) is 4.41. The Morgan fingerprint density at radius 3 is 1.98 bits per heavy atom. The number of imide groups is 1. The molecule has 0 radical (unpaired) electrons.